The number of benzene rings is 2. The van der Waals surface area contributed by atoms with Crippen LogP contribution in [0.4, 0.5) is 8.78 Å². The average Bonchev–Trinajstić information content (AvgIpc) is 2.43. The predicted molar refractivity (Wildman–Crippen MR) is 79.0 cm³/mol. The van der Waals surface area contributed by atoms with Crippen molar-refractivity contribution < 1.29 is 8.78 Å². The van der Waals surface area contributed by atoms with Gasteiger partial charge in [0.1, 0.15) is 17.5 Å². The van der Waals surface area contributed by atoms with Gasteiger partial charge in [0, 0.05) is 24.2 Å². The van der Waals surface area contributed by atoms with Crippen LogP contribution in [-0.2, 0) is 13.1 Å². The molecule has 3 nitrogen and oxygen atoms in total. The van der Waals surface area contributed by atoms with E-state index in [-0.39, 0.29) is 17.2 Å². The number of nitrogens with two attached hydrogens (primary N) is 1. The van der Waals surface area contributed by atoms with Gasteiger partial charge in [-0.3, -0.25) is 10.3 Å². The molecule has 2 aromatic carbocycles. The lowest BCUT2D eigenvalue weighted by Crippen LogP contribution is -2.20. The Morgan fingerprint density at radius 3 is 2.33 bits per heavy atom. The molecular formula is C16H17F2N3. The molecule has 0 saturated carbocycles. The number of amidine groups is 1. The third kappa shape index (κ3) is 3.64. The average molecular weight is 289 g/mol. The van der Waals surface area contributed by atoms with Crippen LogP contribution < -0.4 is 5.73 Å². The molecule has 0 aliphatic carbocycles. The zero-order valence-electron chi connectivity index (χ0n) is 11.7. The Labute approximate surface area is 122 Å². The van der Waals surface area contributed by atoms with Crippen molar-refractivity contribution in [2.75, 3.05) is 7.05 Å². The van der Waals surface area contributed by atoms with E-state index in [0.29, 0.717) is 24.2 Å². The molecule has 0 atom stereocenters. The van der Waals surface area contributed by atoms with Crippen molar-refractivity contribution in [1.29, 1.82) is 5.41 Å². The first-order valence-corrected chi connectivity index (χ1v) is 6.52. The fourth-order valence-electron chi connectivity index (χ4n) is 2.17. The molecule has 0 heterocycles. The van der Waals surface area contributed by atoms with Gasteiger partial charge in [0.2, 0.25) is 0 Å². The van der Waals surface area contributed by atoms with Crippen molar-refractivity contribution in [2.45, 2.75) is 13.1 Å². The number of hydrogen-bond acceptors (Lipinski definition) is 2. The van der Waals surface area contributed by atoms with Gasteiger partial charge < -0.3 is 5.73 Å². The summed E-state index contributed by atoms with van der Waals surface area (Å²) in [5, 5.41) is 7.34. The van der Waals surface area contributed by atoms with Crippen LogP contribution in [0.2, 0.25) is 0 Å². The van der Waals surface area contributed by atoms with Crippen LogP contribution in [0.3, 0.4) is 0 Å². The zero-order valence-corrected chi connectivity index (χ0v) is 11.7. The zero-order chi connectivity index (χ0) is 15.4. The number of rotatable bonds is 5. The molecule has 5 heteroatoms. The second kappa shape index (κ2) is 6.45. The smallest absolute Gasteiger partial charge is 0.138 e. The van der Waals surface area contributed by atoms with E-state index in [9.17, 15) is 8.78 Å². The third-order valence-electron chi connectivity index (χ3n) is 3.21. The number of nitrogens with one attached hydrogen (secondary N) is 1. The predicted octanol–water partition coefficient (Wildman–Crippen LogP) is 2.88. The fraction of sp³-hybridized carbons (Fsp3) is 0.188. The monoisotopic (exact) mass is 289 g/mol. The fourth-order valence-corrected chi connectivity index (χ4v) is 2.17. The first-order valence-electron chi connectivity index (χ1n) is 6.52. The number of nitrogen functional groups attached to an aromatic ring is 1. The molecule has 0 radical (unpaired) electrons. The van der Waals surface area contributed by atoms with E-state index in [4.69, 9.17) is 11.1 Å². The highest BCUT2D eigenvalue weighted by Gasteiger charge is 2.12. The van der Waals surface area contributed by atoms with Crippen molar-refractivity contribution in [3.63, 3.8) is 0 Å². The van der Waals surface area contributed by atoms with Crippen molar-refractivity contribution in [1.82, 2.24) is 4.90 Å². The molecular weight excluding hydrogens is 272 g/mol. The van der Waals surface area contributed by atoms with Gasteiger partial charge in [0.25, 0.3) is 0 Å². The van der Waals surface area contributed by atoms with Crippen LogP contribution in [0.25, 0.3) is 0 Å². The second-order valence-corrected chi connectivity index (χ2v) is 4.96. The summed E-state index contributed by atoms with van der Waals surface area (Å²) in [5.41, 5.74) is 6.42. The minimum absolute atomic E-state index is 0.0896. The van der Waals surface area contributed by atoms with E-state index in [2.05, 4.69) is 0 Å². The van der Waals surface area contributed by atoms with Gasteiger partial charge in [0.15, 0.2) is 0 Å². The second-order valence-electron chi connectivity index (χ2n) is 4.96. The molecule has 110 valence electrons. The number of halogens is 2. The summed E-state index contributed by atoms with van der Waals surface area (Å²) >= 11 is 0. The molecule has 0 unspecified atom stereocenters. The minimum Gasteiger partial charge on any atom is -0.384 e. The van der Waals surface area contributed by atoms with Gasteiger partial charge >= 0.3 is 0 Å². The standard InChI is InChI=1S/C16H17F2N3/c1-21(9-11-5-2-3-8-14(11)17)10-12-6-4-7-13(15(12)18)16(19)20/h2-8H,9-10H2,1H3,(H3,19,20). The Morgan fingerprint density at radius 2 is 1.67 bits per heavy atom. The largest absolute Gasteiger partial charge is 0.384 e. The number of nitrogens with zero attached hydrogens (tertiary/aromatic N) is 1. The molecule has 0 bridgehead atoms. The molecule has 0 saturated heterocycles. The SMILES string of the molecule is CN(Cc1ccccc1F)Cc1cccc(C(=N)N)c1F. The van der Waals surface area contributed by atoms with Crippen LogP contribution in [0.1, 0.15) is 16.7 Å². The maximum atomic E-state index is 14.2. The van der Waals surface area contributed by atoms with Crippen molar-refractivity contribution >= 4 is 5.84 Å². The summed E-state index contributed by atoms with van der Waals surface area (Å²) in [6, 6.07) is 11.3. The minimum atomic E-state index is -0.495. The molecule has 0 aromatic heterocycles. The summed E-state index contributed by atoms with van der Waals surface area (Å²) in [6.45, 7) is 0.678. The molecule has 2 aromatic rings. The Bertz CT molecular complexity index is 656. The lowest BCUT2D eigenvalue weighted by atomic mass is 10.1. The first kappa shape index (κ1) is 15.1. The normalized spacial score (nSPS) is 10.9. The first-order chi connectivity index (χ1) is 9.99. The summed E-state index contributed by atoms with van der Waals surface area (Å²) in [4.78, 5) is 1.81. The maximum absolute atomic E-state index is 14.2. The van der Waals surface area contributed by atoms with Crippen molar-refractivity contribution in [3.8, 4) is 0 Å². The highest BCUT2D eigenvalue weighted by molar-refractivity contribution is 5.95. The molecule has 0 fully saturated rings. The van der Waals surface area contributed by atoms with Crippen LogP contribution in [0.5, 0.6) is 0 Å². The van der Waals surface area contributed by atoms with E-state index in [1.807, 2.05) is 0 Å². The van der Waals surface area contributed by atoms with Gasteiger partial charge in [-0.05, 0) is 19.2 Å². The van der Waals surface area contributed by atoms with E-state index in [1.165, 1.54) is 12.1 Å². The summed E-state index contributed by atoms with van der Waals surface area (Å²) in [5.74, 6) is -1.07. The lowest BCUT2D eigenvalue weighted by Gasteiger charge is -2.18. The molecule has 0 aliphatic rings. The number of hydrogen-bond donors (Lipinski definition) is 2. The Morgan fingerprint density at radius 1 is 1.05 bits per heavy atom. The Balaban J connectivity index is 2.13. The Kier molecular flexibility index (Phi) is 4.65. The van der Waals surface area contributed by atoms with E-state index in [1.54, 1.807) is 42.3 Å². The van der Waals surface area contributed by atoms with Gasteiger partial charge in [-0.15, -0.1) is 0 Å². The van der Waals surface area contributed by atoms with Gasteiger partial charge in [0.05, 0.1) is 5.56 Å². The third-order valence-corrected chi connectivity index (χ3v) is 3.21. The van der Waals surface area contributed by atoms with Crippen LogP contribution in [-0.4, -0.2) is 17.8 Å². The van der Waals surface area contributed by atoms with Gasteiger partial charge in [-0.1, -0.05) is 30.3 Å². The van der Waals surface area contributed by atoms with Crippen molar-refractivity contribution in [3.05, 3.63) is 70.8 Å². The van der Waals surface area contributed by atoms with E-state index < -0.39 is 5.82 Å². The van der Waals surface area contributed by atoms with E-state index in [0.717, 1.165) is 0 Å². The summed E-state index contributed by atoms with van der Waals surface area (Å²) in [7, 11) is 1.78. The topological polar surface area (TPSA) is 53.1 Å². The molecule has 2 rings (SSSR count). The van der Waals surface area contributed by atoms with Crippen LogP contribution >= 0.6 is 0 Å². The van der Waals surface area contributed by atoms with E-state index >= 15 is 0 Å². The molecule has 0 amide bonds. The highest BCUT2D eigenvalue weighted by Crippen LogP contribution is 2.16. The van der Waals surface area contributed by atoms with Gasteiger partial charge in [-0.2, -0.15) is 0 Å². The molecule has 0 spiro atoms. The van der Waals surface area contributed by atoms with Gasteiger partial charge in [-0.25, -0.2) is 8.78 Å². The van der Waals surface area contributed by atoms with Crippen molar-refractivity contribution in [2.24, 2.45) is 5.73 Å². The quantitative estimate of drug-likeness (QED) is 0.657. The maximum Gasteiger partial charge on any atom is 0.138 e. The van der Waals surface area contributed by atoms with Crippen LogP contribution in [0.15, 0.2) is 42.5 Å². The van der Waals surface area contributed by atoms with Crippen LogP contribution in [0, 0.1) is 17.0 Å². The molecule has 3 N–H and O–H groups in total. The lowest BCUT2D eigenvalue weighted by molar-refractivity contribution is 0.308. The molecule has 0 aliphatic heterocycles. The highest BCUT2D eigenvalue weighted by atomic mass is 19.1. The summed E-state index contributed by atoms with van der Waals surface area (Å²) < 4.78 is 27.8. The molecule has 21 heavy (non-hydrogen) atoms. The Hall–Kier alpha value is -2.27. The summed E-state index contributed by atoms with van der Waals surface area (Å²) in [6.07, 6.45) is 0.